The Bertz CT molecular complexity index is 1490. The Morgan fingerprint density at radius 3 is 2.56 bits per heavy atom. The highest BCUT2D eigenvalue weighted by Gasteiger charge is 2.39. The van der Waals surface area contributed by atoms with Crippen molar-refractivity contribution in [2.75, 3.05) is 0 Å². The number of sulfonamides is 1. The maximum atomic E-state index is 12.8. The number of hydrogen-bond donors (Lipinski definition) is 1. The van der Waals surface area contributed by atoms with Gasteiger partial charge in [0.05, 0.1) is 17.0 Å². The molecule has 4 rings (SSSR count). The van der Waals surface area contributed by atoms with Gasteiger partial charge >= 0.3 is 6.18 Å². The molecule has 13 heteroatoms. The number of nitriles is 1. The third-order valence-corrected chi connectivity index (χ3v) is 7.39. The molecule has 0 spiro atoms. The van der Waals surface area contributed by atoms with E-state index in [2.05, 4.69) is 21.0 Å². The fourth-order valence-corrected chi connectivity index (χ4v) is 5.14. The number of rotatable bonds is 6. The summed E-state index contributed by atoms with van der Waals surface area (Å²) in [5.74, 6) is 0. The van der Waals surface area contributed by atoms with Crippen molar-refractivity contribution in [3.63, 3.8) is 0 Å². The van der Waals surface area contributed by atoms with Crippen LogP contribution >= 0.6 is 11.3 Å². The van der Waals surface area contributed by atoms with E-state index in [1.54, 1.807) is 27.1 Å². The van der Waals surface area contributed by atoms with E-state index < -0.39 is 27.1 Å². The Morgan fingerprint density at radius 1 is 1.24 bits per heavy atom. The Balaban J connectivity index is 1.86. The summed E-state index contributed by atoms with van der Waals surface area (Å²) in [6.45, 7) is 2.67. The standard InChI is InChI=1S/C21H17F3N6O2S2/c1-3-13-8-15-16(9-25)18(30(19(15)28-10-13)20-26-6-7-33-20)17-5-4-14(11-27-17)34(31,32)29-12(2)21(22,23)24/h4-8,10-12,29H,3H2,1-2H3. The largest absolute Gasteiger partial charge is 0.404 e. The predicted molar refractivity (Wildman–Crippen MR) is 120 cm³/mol. The van der Waals surface area contributed by atoms with Crippen LogP contribution in [0.2, 0.25) is 0 Å². The van der Waals surface area contributed by atoms with E-state index >= 15 is 0 Å². The van der Waals surface area contributed by atoms with E-state index in [9.17, 15) is 26.9 Å². The number of nitrogens with zero attached hydrogens (tertiary/aromatic N) is 5. The van der Waals surface area contributed by atoms with Gasteiger partial charge in [-0.25, -0.2) is 18.4 Å². The van der Waals surface area contributed by atoms with Crippen LogP contribution in [-0.2, 0) is 16.4 Å². The monoisotopic (exact) mass is 506 g/mol. The molecule has 0 bridgehead atoms. The maximum Gasteiger partial charge on any atom is 0.404 e. The number of halogens is 3. The lowest BCUT2D eigenvalue weighted by Crippen LogP contribution is -2.42. The highest BCUT2D eigenvalue weighted by Crippen LogP contribution is 2.35. The lowest BCUT2D eigenvalue weighted by atomic mass is 10.1. The lowest BCUT2D eigenvalue weighted by Gasteiger charge is -2.17. The second-order valence-corrected chi connectivity index (χ2v) is 9.90. The SMILES string of the molecule is CCc1cnc2c(c1)c(C#N)c(-c1ccc(S(=O)(=O)NC(C)C(F)(F)F)cn1)n2-c1nccs1. The van der Waals surface area contributed by atoms with Crippen LogP contribution in [0.5, 0.6) is 0 Å². The predicted octanol–water partition coefficient (Wildman–Crippen LogP) is 4.21. The Hall–Kier alpha value is -3.34. The first-order valence-corrected chi connectivity index (χ1v) is 12.3. The molecule has 0 aliphatic heterocycles. The minimum absolute atomic E-state index is 0.241. The first-order valence-electron chi connectivity index (χ1n) is 9.95. The van der Waals surface area contributed by atoms with Crippen LogP contribution in [0.1, 0.15) is 25.0 Å². The van der Waals surface area contributed by atoms with Gasteiger partial charge in [0.1, 0.15) is 22.7 Å². The molecule has 0 aliphatic rings. The number of hydrogen-bond acceptors (Lipinski definition) is 7. The molecule has 1 N–H and O–H groups in total. The van der Waals surface area contributed by atoms with Crippen LogP contribution in [0.15, 0.2) is 47.1 Å². The molecule has 4 aromatic heterocycles. The van der Waals surface area contributed by atoms with Gasteiger partial charge in [0, 0.05) is 29.4 Å². The maximum absolute atomic E-state index is 12.8. The Labute approximate surface area is 196 Å². The smallest absolute Gasteiger partial charge is 0.266 e. The molecule has 0 amide bonds. The molecule has 176 valence electrons. The summed E-state index contributed by atoms with van der Waals surface area (Å²) < 4.78 is 66.5. The summed E-state index contributed by atoms with van der Waals surface area (Å²) in [5, 5.41) is 12.8. The van der Waals surface area contributed by atoms with Gasteiger partial charge in [-0.2, -0.15) is 23.2 Å². The molecule has 4 aromatic rings. The molecule has 0 aromatic carbocycles. The van der Waals surface area contributed by atoms with Crippen molar-refractivity contribution < 1.29 is 21.6 Å². The van der Waals surface area contributed by atoms with E-state index in [1.807, 2.05) is 13.0 Å². The number of alkyl halides is 3. The van der Waals surface area contributed by atoms with E-state index in [1.165, 1.54) is 17.4 Å². The van der Waals surface area contributed by atoms with Crippen molar-refractivity contribution in [1.82, 2.24) is 24.2 Å². The molecule has 0 saturated heterocycles. The third kappa shape index (κ3) is 4.27. The molecule has 1 unspecified atom stereocenters. The summed E-state index contributed by atoms with van der Waals surface area (Å²) in [6, 6.07) is 4.25. The summed E-state index contributed by atoms with van der Waals surface area (Å²) >= 11 is 1.31. The van der Waals surface area contributed by atoms with Gasteiger partial charge < -0.3 is 0 Å². The third-order valence-electron chi connectivity index (χ3n) is 5.11. The van der Waals surface area contributed by atoms with Gasteiger partial charge in [-0.1, -0.05) is 6.92 Å². The topological polar surface area (TPSA) is 114 Å². The molecule has 8 nitrogen and oxygen atoms in total. The molecule has 0 radical (unpaired) electrons. The van der Waals surface area contributed by atoms with Gasteiger partial charge in [-0.3, -0.25) is 9.55 Å². The zero-order valence-electron chi connectivity index (χ0n) is 17.8. The number of pyridine rings is 2. The number of thiazole rings is 1. The van der Waals surface area contributed by atoms with E-state index in [0.717, 1.165) is 17.8 Å². The number of aromatic nitrogens is 4. The average molecular weight is 507 g/mol. The summed E-state index contributed by atoms with van der Waals surface area (Å²) in [7, 11) is -4.47. The van der Waals surface area contributed by atoms with Gasteiger partial charge in [-0.15, -0.1) is 11.3 Å². The van der Waals surface area contributed by atoms with Gasteiger partial charge in [0.2, 0.25) is 10.0 Å². The molecule has 0 fully saturated rings. The Morgan fingerprint density at radius 2 is 2.00 bits per heavy atom. The summed E-state index contributed by atoms with van der Waals surface area (Å²) in [4.78, 5) is 12.6. The van der Waals surface area contributed by atoms with Crippen molar-refractivity contribution >= 4 is 32.4 Å². The molecular formula is C21H17F3N6O2S2. The average Bonchev–Trinajstić information content (AvgIpc) is 3.43. The molecule has 1 atom stereocenters. The van der Waals surface area contributed by atoms with E-state index in [4.69, 9.17) is 0 Å². The van der Waals surface area contributed by atoms with Gasteiger partial charge in [0.15, 0.2) is 5.13 Å². The fourth-order valence-electron chi connectivity index (χ4n) is 3.32. The zero-order chi connectivity index (χ0) is 24.7. The summed E-state index contributed by atoms with van der Waals surface area (Å²) in [6.07, 6.45) is 0.226. The second kappa shape index (κ2) is 8.79. The molecule has 0 aliphatic carbocycles. The van der Waals surface area contributed by atoms with Crippen molar-refractivity contribution in [2.45, 2.75) is 37.4 Å². The number of aryl methyl sites for hydroxylation is 1. The minimum Gasteiger partial charge on any atom is -0.266 e. The zero-order valence-corrected chi connectivity index (χ0v) is 19.5. The second-order valence-electron chi connectivity index (χ2n) is 7.32. The van der Waals surface area contributed by atoms with Crippen molar-refractivity contribution in [2.24, 2.45) is 0 Å². The molecule has 4 heterocycles. The highest BCUT2D eigenvalue weighted by atomic mass is 32.2. The van der Waals surface area contributed by atoms with Gasteiger partial charge in [0.25, 0.3) is 0 Å². The van der Waals surface area contributed by atoms with Crippen LogP contribution in [0.3, 0.4) is 0 Å². The van der Waals surface area contributed by atoms with Crippen molar-refractivity contribution in [1.29, 1.82) is 5.26 Å². The van der Waals surface area contributed by atoms with Crippen molar-refractivity contribution in [3.05, 3.63) is 53.3 Å². The van der Waals surface area contributed by atoms with Crippen LogP contribution in [0, 0.1) is 11.3 Å². The first-order chi connectivity index (χ1) is 16.1. The molecular weight excluding hydrogens is 489 g/mol. The van der Waals surface area contributed by atoms with E-state index in [0.29, 0.717) is 35.2 Å². The van der Waals surface area contributed by atoms with Crippen molar-refractivity contribution in [3.8, 4) is 22.6 Å². The first kappa shape index (κ1) is 23.8. The quantitative estimate of drug-likeness (QED) is 0.419. The molecule has 34 heavy (non-hydrogen) atoms. The highest BCUT2D eigenvalue weighted by molar-refractivity contribution is 7.89. The van der Waals surface area contributed by atoms with Crippen LogP contribution in [0.4, 0.5) is 13.2 Å². The van der Waals surface area contributed by atoms with Crippen LogP contribution in [0.25, 0.3) is 27.6 Å². The Kier molecular flexibility index (Phi) is 6.15. The summed E-state index contributed by atoms with van der Waals surface area (Å²) in [5.41, 5.74) is 2.28. The number of nitrogens with one attached hydrogen (secondary N) is 1. The normalized spacial score (nSPS) is 13.2. The number of fused-ring (bicyclic) bond motifs is 1. The fraction of sp³-hybridized carbons (Fsp3) is 0.238. The van der Waals surface area contributed by atoms with Crippen LogP contribution < -0.4 is 4.72 Å². The van der Waals surface area contributed by atoms with Crippen LogP contribution in [-0.4, -0.2) is 40.2 Å². The minimum atomic E-state index is -4.73. The molecule has 0 saturated carbocycles. The lowest BCUT2D eigenvalue weighted by molar-refractivity contribution is -0.147. The van der Waals surface area contributed by atoms with Gasteiger partial charge in [-0.05, 0) is 37.1 Å². The van der Waals surface area contributed by atoms with E-state index in [-0.39, 0.29) is 11.3 Å².